The van der Waals surface area contributed by atoms with Gasteiger partial charge in [-0.15, -0.1) is 11.3 Å². The van der Waals surface area contributed by atoms with Gasteiger partial charge in [0.15, 0.2) is 0 Å². The average molecular weight is 597 g/mol. The number of hydrogen-bond acceptors (Lipinski definition) is 4. The lowest BCUT2D eigenvalue weighted by atomic mass is 10.1. The highest BCUT2D eigenvalue weighted by atomic mass is 79.9. The van der Waals surface area contributed by atoms with Crippen LogP contribution in [-0.2, 0) is 0 Å². The molecule has 0 aliphatic rings. The Balaban J connectivity index is 1.76. The molecule has 3 aromatic carbocycles. The van der Waals surface area contributed by atoms with Gasteiger partial charge in [-0.2, -0.15) is 0 Å². The zero-order chi connectivity index (χ0) is 20.5. The molecule has 0 spiro atoms. The topological polar surface area (TPSA) is 51.2 Å². The number of halogens is 3. The Bertz CT molecular complexity index is 1210. The third kappa shape index (κ3) is 4.26. The Hall–Kier alpha value is -1.74. The normalized spacial score (nSPS) is 10.9. The van der Waals surface area contributed by atoms with E-state index in [-0.39, 0.29) is 5.91 Å². The van der Waals surface area contributed by atoms with Crippen LogP contribution in [0.25, 0.3) is 20.8 Å². The molecule has 0 bridgehead atoms. The van der Waals surface area contributed by atoms with Crippen molar-refractivity contribution in [2.75, 3.05) is 12.4 Å². The summed E-state index contributed by atoms with van der Waals surface area (Å²) in [6, 6.07) is 17.3. The quantitative estimate of drug-likeness (QED) is 0.265. The van der Waals surface area contributed by atoms with Gasteiger partial charge in [-0.3, -0.25) is 4.79 Å². The molecular formula is C21H13Br3N2O2S. The van der Waals surface area contributed by atoms with Crippen LogP contribution in [0.3, 0.4) is 0 Å². The summed E-state index contributed by atoms with van der Waals surface area (Å²) >= 11 is 12.0. The minimum absolute atomic E-state index is 0.270. The van der Waals surface area contributed by atoms with Crippen molar-refractivity contribution in [3.63, 3.8) is 0 Å². The van der Waals surface area contributed by atoms with E-state index in [1.165, 1.54) is 7.11 Å². The number of rotatable bonds is 4. The van der Waals surface area contributed by atoms with Gasteiger partial charge in [0.2, 0.25) is 0 Å². The van der Waals surface area contributed by atoms with Crippen LogP contribution in [0.1, 0.15) is 10.4 Å². The Kier molecular flexibility index (Phi) is 6.06. The molecule has 8 heteroatoms. The first kappa shape index (κ1) is 20.5. The number of aromatic nitrogens is 1. The van der Waals surface area contributed by atoms with Gasteiger partial charge in [-0.1, -0.05) is 44.0 Å². The van der Waals surface area contributed by atoms with Crippen molar-refractivity contribution in [3.8, 4) is 16.3 Å². The number of hydrogen-bond donors (Lipinski definition) is 1. The molecule has 0 saturated carbocycles. The summed E-state index contributed by atoms with van der Waals surface area (Å²) in [4.78, 5) is 17.8. The van der Waals surface area contributed by atoms with E-state index >= 15 is 0 Å². The number of carbonyl (C=O) groups excluding carboxylic acids is 1. The smallest absolute Gasteiger partial charge is 0.259 e. The number of carbonyl (C=O) groups is 1. The van der Waals surface area contributed by atoms with E-state index in [9.17, 15) is 4.79 Å². The number of thiazole rings is 1. The van der Waals surface area contributed by atoms with Crippen LogP contribution in [0.5, 0.6) is 5.75 Å². The van der Waals surface area contributed by atoms with Crippen LogP contribution in [0.2, 0.25) is 0 Å². The number of para-hydroxylation sites is 1. The molecule has 1 aromatic heterocycles. The van der Waals surface area contributed by atoms with Crippen molar-refractivity contribution in [1.82, 2.24) is 4.98 Å². The standard InChI is InChI=1S/C21H13Br3N2O2S/c1-28-19-14(9-12(23)10-15(19)24)20(27)25-16-7-6-11(22)8-13(16)21-26-17-4-2-3-5-18(17)29-21/h2-10H,1H3,(H,25,27). The zero-order valence-electron chi connectivity index (χ0n) is 15.0. The molecule has 1 amide bonds. The fourth-order valence-corrected chi connectivity index (χ4v) is 5.66. The maximum atomic E-state index is 13.1. The summed E-state index contributed by atoms with van der Waals surface area (Å²) in [5, 5.41) is 3.85. The number of ether oxygens (including phenoxy) is 1. The van der Waals surface area contributed by atoms with Gasteiger partial charge in [0.25, 0.3) is 5.91 Å². The SMILES string of the molecule is COc1c(Br)cc(Br)cc1C(=O)Nc1ccc(Br)cc1-c1nc2ccccc2s1. The van der Waals surface area contributed by atoms with Crippen LogP contribution in [0.15, 0.2) is 68.0 Å². The van der Waals surface area contributed by atoms with Crippen LogP contribution in [0.4, 0.5) is 5.69 Å². The molecule has 0 aliphatic heterocycles. The van der Waals surface area contributed by atoms with Gasteiger partial charge in [-0.25, -0.2) is 4.98 Å². The van der Waals surface area contributed by atoms with Gasteiger partial charge < -0.3 is 10.1 Å². The molecule has 0 saturated heterocycles. The molecule has 0 fully saturated rings. The third-order valence-electron chi connectivity index (χ3n) is 4.21. The van der Waals surface area contributed by atoms with E-state index in [1.54, 1.807) is 17.4 Å². The molecule has 4 aromatic rings. The Morgan fingerprint density at radius 3 is 2.59 bits per heavy atom. The summed E-state index contributed by atoms with van der Waals surface area (Å²) in [7, 11) is 1.54. The van der Waals surface area contributed by atoms with Crippen molar-refractivity contribution in [3.05, 3.63) is 73.6 Å². The van der Waals surface area contributed by atoms with E-state index in [2.05, 4.69) is 53.1 Å². The fourth-order valence-electron chi connectivity index (χ4n) is 2.92. The van der Waals surface area contributed by atoms with Crippen LogP contribution >= 0.6 is 59.1 Å². The minimum Gasteiger partial charge on any atom is -0.495 e. The van der Waals surface area contributed by atoms with E-state index in [1.807, 2.05) is 48.5 Å². The number of fused-ring (bicyclic) bond motifs is 1. The van der Waals surface area contributed by atoms with Crippen molar-refractivity contribution in [2.45, 2.75) is 0 Å². The maximum Gasteiger partial charge on any atom is 0.259 e. The van der Waals surface area contributed by atoms with Gasteiger partial charge in [0.05, 0.1) is 33.0 Å². The van der Waals surface area contributed by atoms with Crippen LogP contribution in [-0.4, -0.2) is 18.0 Å². The number of nitrogens with zero attached hydrogens (tertiary/aromatic N) is 1. The maximum absolute atomic E-state index is 13.1. The fraction of sp³-hybridized carbons (Fsp3) is 0.0476. The number of nitrogens with one attached hydrogen (secondary N) is 1. The van der Waals surface area contributed by atoms with Gasteiger partial charge in [0, 0.05) is 14.5 Å². The number of amides is 1. The number of methoxy groups -OCH3 is 1. The highest BCUT2D eigenvalue weighted by Crippen LogP contribution is 2.38. The molecule has 0 radical (unpaired) electrons. The summed E-state index contributed by atoms with van der Waals surface area (Å²) in [6.45, 7) is 0. The molecule has 4 nitrogen and oxygen atoms in total. The average Bonchev–Trinajstić information content (AvgIpc) is 3.12. The second-order valence-electron chi connectivity index (χ2n) is 6.10. The molecule has 0 unspecified atom stereocenters. The molecule has 1 heterocycles. The van der Waals surface area contributed by atoms with E-state index in [0.717, 1.165) is 29.7 Å². The summed E-state index contributed by atoms with van der Waals surface area (Å²) in [5.41, 5.74) is 2.88. The molecule has 29 heavy (non-hydrogen) atoms. The van der Waals surface area contributed by atoms with Crippen LogP contribution < -0.4 is 10.1 Å². The lowest BCUT2D eigenvalue weighted by Gasteiger charge is -2.14. The second kappa shape index (κ2) is 8.55. The second-order valence-corrected chi connectivity index (χ2v) is 9.82. The summed E-state index contributed by atoms with van der Waals surface area (Å²) in [5.74, 6) is 0.206. The van der Waals surface area contributed by atoms with Crippen LogP contribution in [0, 0.1) is 0 Å². The highest BCUT2D eigenvalue weighted by molar-refractivity contribution is 9.11. The Labute approximate surface area is 196 Å². The van der Waals surface area contributed by atoms with Crippen molar-refractivity contribution < 1.29 is 9.53 Å². The van der Waals surface area contributed by atoms with Crippen molar-refractivity contribution in [2.24, 2.45) is 0 Å². The monoisotopic (exact) mass is 594 g/mol. The third-order valence-corrected chi connectivity index (χ3v) is 6.82. The Morgan fingerprint density at radius 1 is 1.03 bits per heavy atom. The first-order valence-electron chi connectivity index (χ1n) is 8.46. The lowest BCUT2D eigenvalue weighted by Crippen LogP contribution is -2.14. The number of anilines is 1. The predicted octanol–water partition coefficient (Wildman–Crippen LogP) is 7.51. The first-order valence-corrected chi connectivity index (χ1v) is 11.7. The van der Waals surface area contributed by atoms with Gasteiger partial charge >= 0.3 is 0 Å². The molecular weight excluding hydrogens is 584 g/mol. The zero-order valence-corrected chi connectivity index (χ0v) is 20.6. The Morgan fingerprint density at radius 2 is 1.83 bits per heavy atom. The van der Waals surface area contributed by atoms with Crippen molar-refractivity contribution in [1.29, 1.82) is 0 Å². The molecule has 0 atom stereocenters. The van der Waals surface area contributed by atoms with Crippen molar-refractivity contribution >= 4 is 80.9 Å². The highest BCUT2D eigenvalue weighted by Gasteiger charge is 2.19. The lowest BCUT2D eigenvalue weighted by molar-refractivity contribution is 0.102. The van der Waals surface area contributed by atoms with Gasteiger partial charge in [0.1, 0.15) is 10.8 Å². The molecule has 0 aliphatic carbocycles. The van der Waals surface area contributed by atoms with Gasteiger partial charge in [-0.05, 0) is 58.4 Å². The summed E-state index contributed by atoms with van der Waals surface area (Å²) < 4.78 is 8.89. The molecule has 146 valence electrons. The minimum atomic E-state index is -0.270. The molecule has 1 N–H and O–H groups in total. The first-order chi connectivity index (χ1) is 14.0. The number of benzene rings is 3. The summed E-state index contributed by atoms with van der Waals surface area (Å²) in [6.07, 6.45) is 0. The van der Waals surface area contributed by atoms with E-state index in [0.29, 0.717) is 21.5 Å². The van der Waals surface area contributed by atoms with E-state index < -0.39 is 0 Å². The largest absolute Gasteiger partial charge is 0.495 e. The molecule has 4 rings (SSSR count). The van der Waals surface area contributed by atoms with E-state index in [4.69, 9.17) is 9.72 Å². The predicted molar refractivity (Wildman–Crippen MR) is 129 cm³/mol.